The molecule has 1 aromatic rings. The third kappa shape index (κ3) is 2.33. The van der Waals surface area contributed by atoms with Crippen LogP contribution in [0.2, 0.25) is 0 Å². The molecule has 0 radical (unpaired) electrons. The van der Waals surface area contributed by atoms with Crippen LogP contribution in [0.3, 0.4) is 0 Å². The number of primary amides is 1. The molecule has 112 valence electrons. The summed E-state index contributed by atoms with van der Waals surface area (Å²) in [6.07, 6.45) is 3.62. The highest BCUT2D eigenvalue weighted by molar-refractivity contribution is 5.94. The van der Waals surface area contributed by atoms with Crippen molar-refractivity contribution in [1.29, 1.82) is 0 Å². The summed E-state index contributed by atoms with van der Waals surface area (Å²) < 4.78 is 0. The third-order valence-electron chi connectivity index (χ3n) is 4.50. The van der Waals surface area contributed by atoms with E-state index in [1.54, 1.807) is 6.07 Å². The Hall–Kier alpha value is -2.15. The van der Waals surface area contributed by atoms with Crippen molar-refractivity contribution in [3.63, 3.8) is 0 Å². The van der Waals surface area contributed by atoms with Gasteiger partial charge in [-0.15, -0.1) is 0 Å². The van der Waals surface area contributed by atoms with Crippen LogP contribution >= 0.6 is 0 Å². The Morgan fingerprint density at radius 1 is 1.29 bits per heavy atom. The molecule has 2 saturated heterocycles. The molecule has 1 aromatic carbocycles. The van der Waals surface area contributed by atoms with E-state index in [4.69, 9.17) is 11.5 Å². The molecule has 21 heavy (non-hydrogen) atoms. The molecule has 7 heteroatoms. The van der Waals surface area contributed by atoms with Gasteiger partial charge in [0.05, 0.1) is 4.92 Å². The number of amides is 1. The Kier molecular flexibility index (Phi) is 3.29. The fraction of sp³-hybridized carbons (Fsp3) is 0.500. The average molecular weight is 290 g/mol. The Labute approximate surface area is 122 Å². The zero-order valence-corrected chi connectivity index (χ0v) is 11.6. The third-order valence-corrected chi connectivity index (χ3v) is 4.50. The quantitative estimate of drug-likeness (QED) is 0.640. The molecular weight excluding hydrogens is 272 g/mol. The van der Waals surface area contributed by atoms with E-state index in [9.17, 15) is 14.9 Å². The van der Waals surface area contributed by atoms with Gasteiger partial charge in [-0.2, -0.15) is 0 Å². The van der Waals surface area contributed by atoms with E-state index in [0.29, 0.717) is 11.3 Å². The Morgan fingerprint density at radius 3 is 2.43 bits per heavy atom. The first-order valence-electron chi connectivity index (χ1n) is 7.09. The summed E-state index contributed by atoms with van der Waals surface area (Å²) in [4.78, 5) is 24.3. The topological polar surface area (TPSA) is 115 Å². The van der Waals surface area contributed by atoms with Gasteiger partial charge in [-0.25, -0.2) is 0 Å². The van der Waals surface area contributed by atoms with Crippen LogP contribution in [0.25, 0.3) is 0 Å². The number of benzene rings is 1. The maximum atomic E-state index is 11.4. The van der Waals surface area contributed by atoms with E-state index < -0.39 is 10.8 Å². The predicted molar refractivity (Wildman–Crippen MR) is 78.1 cm³/mol. The van der Waals surface area contributed by atoms with E-state index in [2.05, 4.69) is 4.90 Å². The van der Waals surface area contributed by atoms with Crippen molar-refractivity contribution >= 4 is 17.3 Å². The van der Waals surface area contributed by atoms with Crippen LogP contribution in [-0.4, -0.2) is 29.0 Å². The lowest BCUT2D eigenvalue weighted by Gasteiger charge is -2.39. The first-order valence-corrected chi connectivity index (χ1v) is 7.09. The minimum atomic E-state index is -0.577. The normalized spacial score (nSPS) is 27.7. The van der Waals surface area contributed by atoms with Crippen LogP contribution in [-0.2, 0) is 0 Å². The SMILES string of the molecule is NC(=O)c1ccc([N+](=O)[O-])c(N2C3CCC2CC(N)C3)c1. The standard InChI is InChI=1S/C14H18N4O3/c15-9-6-10-2-3-11(7-9)17(10)13-5-8(14(16)19)1-4-12(13)18(20)21/h1,4-5,9-11H,2-3,6-7,15H2,(H2,16,19). The summed E-state index contributed by atoms with van der Waals surface area (Å²) >= 11 is 0. The summed E-state index contributed by atoms with van der Waals surface area (Å²) in [6.45, 7) is 0. The predicted octanol–water partition coefficient (Wildman–Crippen LogP) is 1.15. The second-order valence-corrected chi connectivity index (χ2v) is 5.85. The highest BCUT2D eigenvalue weighted by atomic mass is 16.6. The molecule has 2 heterocycles. The number of hydrogen-bond acceptors (Lipinski definition) is 5. The molecule has 0 saturated carbocycles. The van der Waals surface area contributed by atoms with E-state index >= 15 is 0 Å². The number of carbonyl (C=O) groups excluding carboxylic acids is 1. The van der Waals surface area contributed by atoms with Gasteiger partial charge in [-0.3, -0.25) is 14.9 Å². The molecule has 4 N–H and O–H groups in total. The van der Waals surface area contributed by atoms with Crippen LogP contribution in [0.1, 0.15) is 36.0 Å². The smallest absolute Gasteiger partial charge is 0.292 e. The van der Waals surface area contributed by atoms with E-state index in [-0.39, 0.29) is 23.8 Å². The second-order valence-electron chi connectivity index (χ2n) is 5.85. The molecule has 2 fully saturated rings. The van der Waals surface area contributed by atoms with Crippen molar-refractivity contribution < 1.29 is 9.72 Å². The lowest BCUT2D eigenvalue weighted by atomic mass is 9.96. The van der Waals surface area contributed by atoms with Crippen molar-refractivity contribution in [2.45, 2.75) is 43.8 Å². The molecule has 2 bridgehead atoms. The van der Waals surface area contributed by atoms with Gasteiger partial charge >= 0.3 is 0 Å². The maximum absolute atomic E-state index is 11.4. The van der Waals surface area contributed by atoms with Gasteiger partial charge in [0.2, 0.25) is 5.91 Å². The maximum Gasteiger partial charge on any atom is 0.292 e. The lowest BCUT2D eigenvalue weighted by Crippen LogP contribution is -2.47. The van der Waals surface area contributed by atoms with Crippen molar-refractivity contribution in [3.8, 4) is 0 Å². The van der Waals surface area contributed by atoms with Gasteiger partial charge in [-0.1, -0.05) is 0 Å². The highest BCUT2D eigenvalue weighted by Gasteiger charge is 2.42. The van der Waals surface area contributed by atoms with Gasteiger partial charge < -0.3 is 16.4 Å². The molecule has 0 spiro atoms. The van der Waals surface area contributed by atoms with Crippen LogP contribution in [0.4, 0.5) is 11.4 Å². The van der Waals surface area contributed by atoms with Crippen molar-refractivity contribution in [2.75, 3.05) is 4.90 Å². The van der Waals surface area contributed by atoms with Crippen molar-refractivity contribution in [2.24, 2.45) is 11.5 Å². The second kappa shape index (κ2) is 5.00. The summed E-state index contributed by atoms with van der Waals surface area (Å²) in [5, 5.41) is 11.3. The number of nitro benzene ring substituents is 1. The highest BCUT2D eigenvalue weighted by Crippen LogP contribution is 2.42. The van der Waals surface area contributed by atoms with Crippen LogP contribution in [0.5, 0.6) is 0 Å². The zero-order valence-electron chi connectivity index (χ0n) is 11.6. The van der Waals surface area contributed by atoms with Crippen LogP contribution in [0, 0.1) is 10.1 Å². The van der Waals surface area contributed by atoms with E-state index in [1.807, 2.05) is 0 Å². The molecule has 0 aromatic heterocycles. The molecule has 7 nitrogen and oxygen atoms in total. The first-order chi connectivity index (χ1) is 9.97. The number of nitrogens with zero attached hydrogens (tertiary/aromatic N) is 2. The number of fused-ring (bicyclic) bond motifs is 2. The average Bonchev–Trinajstić information content (AvgIpc) is 2.69. The molecule has 2 unspecified atom stereocenters. The summed E-state index contributed by atoms with van der Waals surface area (Å²) in [7, 11) is 0. The first kappa shape index (κ1) is 13.8. The Bertz CT molecular complexity index is 590. The van der Waals surface area contributed by atoms with Crippen molar-refractivity contribution in [3.05, 3.63) is 33.9 Å². The molecule has 3 rings (SSSR count). The number of anilines is 1. The van der Waals surface area contributed by atoms with Crippen LogP contribution in [0.15, 0.2) is 18.2 Å². The monoisotopic (exact) mass is 290 g/mol. The molecular formula is C14H18N4O3. The van der Waals surface area contributed by atoms with Gasteiger partial charge in [0.25, 0.3) is 5.69 Å². The summed E-state index contributed by atoms with van der Waals surface area (Å²) in [6, 6.07) is 4.88. The van der Waals surface area contributed by atoms with Gasteiger partial charge in [-0.05, 0) is 37.8 Å². The molecule has 0 aliphatic carbocycles. The number of nitro groups is 1. The number of carbonyl (C=O) groups is 1. The molecule has 2 aliphatic rings. The Balaban J connectivity index is 2.06. The minimum absolute atomic E-state index is 0.0207. The summed E-state index contributed by atoms with van der Waals surface area (Å²) in [5.41, 5.74) is 12.1. The molecule has 1 amide bonds. The zero-order chi connectivity index (χ0) is 15.1. The minimum Gasteiger partial charge on any atom is -0.366 e. The fourth-order valence-electron chi connectivity index (χ4n) is 3.65. The summed E-state index contributed by atoms with van der Waals surface area (Å²) in [5.74, 6) is -0.577. The van der Waals surface area contributed by atoms with Gasteiger partial charge in [0, 0.05) is 29.8 Å². The van der Waals surface area contributed by atoms with Crippen LogP contribution < -0.4 is 16.4 Å². The number of rotatable bonds is 3. The number of piperidine rings is 1. The molecule has 2 atom stereocenters. The lowest BCUT2D eigenvalue weighted by molar-refractivity contribution is -0.384. The Morgan fingerprint density at radius 2 is 1.90 bits per heavy atom. The fourth-order valence-corrected chi connectivity index (χ4v) is 3.65. The number of nitrogens with two attached hydrogens (primary N) is 2. The van der Waals surface area contributed by atoms with Crippen molar-refractivity contribution in [1.82, 2.24) is 0 Å². The van der Waals surface area contributed by atoms with Gasteiger partial charge in [0.1, 0.15) is 5.69 Å². The number of hydrogen-bond donors (Lipinski definition) is 2. The van der Waals surface area contributed by atoms with Gasteiger partial charge in [0.15, 0.2) is 0 Å². The largest absolute Gasteiger partial charge is 0.366 e. The molecule has 2 aliphatic heterocycles. The van der Waals surface area contributed by atoms with E-state index in [1.165, 1.54) is 12.1 Å². The van der Waals surface area contributed by atoms with E-state index in [0.717, 1.165) is 25.7 Å².